The van der Waals surface area contributed by atoms with Crippen molar-refractivity contribution in [3.63, 3.8) is 0 Å². The van der Waals surface area contributed by atoms with Gasteiger partial charge < -0.3 is 5.11 Å². The fraction of sp³-hybridized carbons (Fsp3) is 0.600. The number of carboxylic acid groups (broad SMARTS) is 1. The Morgan fingerprint density at radius 1 is 1.56 bits per heavy atom. The van der Waals surface area contributed by atoms with Crippen LogP contribution < -0.4 is 0 Å². The molecule has 7 nitrogen and oxygen atoms in total. The van der Waals surface area contributed by atoms with Crippen LogP contribution in [0.1, 0.15) is 13.3 Å². The summed E-state index contributed by atoms with van der Waals surface area (Å²) < 4.78 is 27.3. The Labute approximate surface area is 105 Å². The first kappa shape index (κ1) is 13.0. The molecule has 18 heavy (non-hydrogen) atoms. The molecule has 0 bridgehead atoms. The summed E-state index contributed by atoms with van der Waals surface area (Å²) in [5.74, 6) is -1.59. The Hall–Kier alpha value is -1.41. The van der Waals surface area contributed by atoms with Crippen LogP contribution in [0.15, 0.2) is 17.3 Å². The Balaban J connectivity index is 2.30. The molecule has 1 N–H and O–H groups in total. The van der Waals surface area contributed by atoms with Crippen molar-refractivity contribution in [2.75, 3.05) is 6.54 Å². The number of nitrogens with zero attached hydrogens (tertiary/aromatic N) is 3. The van der Waals surface area contributed by atoms with Crippen LogP contribution in [0.2, 0.25) is 0 Å². The van der Waals surface area contributed by atoms with Gasteiger partial charge in [0.1, 0.15) is 4.90 Å². The molecule has 1 fully saturated rings. The summed E-state index contributed by atoms with van der Waals surface area (Å²) in [5.41, 5.74) is 0. The fourth-order valence-electron chi connectivity index (χ4n) is 2.25. The molecule has 1 aliphatic rings. The molecule has 2 unspecified atom stereocenters. The normalized spacial score (nSPS) is 25.4. The van der Waals surface area contributed by atoms with E-state index in [4.69, 9.17) is 5.11 Å². The summed E-state index contributed by atoms with van der Waals surface area (Å²) in [4.78, 5) is 11.1. The van der Waals surface area contributed by atoms with Gasteiger partial charge >= 0.3 is 5.97 Å². The minimum Gasteiger partial charge on any atom is -0.481 e. The van der Waals surface area contributed by atoms with Gasteiger partial charge in [-0.1, -0.05) is 0 Å². The zero-order chi connectivity index (χ0) is 13.5. The molecule has 0 aromatic carbocycles. The van der Waals surface area contributed by atoms with Crippen molar-refractivity contribution in [1.29, 1.82) is 0 Å². The summed E-state index contributed by atoms with van der Waals surface area (Å²) in [6.07, 6.45) is 3.03. The Kier molecular flexibility index (Phi) is 3.16. The van der Waals surface area contributed by atoms with Crippen LogP contribution in [0.4, 0.5) is 0 Å². The molecule has 0 aliphatic carbocycles. The van der Waals surface area contributed by atoms with Gasteiger partial charge in [-0.2, -0.15) is 9.40 Å². The van der Waals surface area contributed by atoms with Crippen LogP contribution in [0.25, 0.3) is 0 Å². The summed E-state index contributed by atoms with van der Waals surface area (Å²) in [7, 11) is -2.02. The maximum atomic E-state index is 12.3. The van der Waals surface area contributed by atoms with Crippen molar-refractivity contribution >= 4 is 16.0 Å². The molecular weight excluding hydrogens is 258 g/mol. The molecule has 1 aromatic heterocycles. The third kappa shape index (κ3) is 2.01. The van der Waals surface area contributed by atoms with E-state index in [2.05, 4.69) is 5.10 Å². The Morgan fingerprint density at radius 3 is 2.67 bits per heavy atom. The van der Waals surface area contributed by atoms with Crippen LogP contribution in [-0.4, -0.2) is 46.2 Å². The lowest BCUT2D eigenvalue weighted by Crippen LogP contribution is -2.37. The van der Waals surface area contributed by atoms with E-state index in [1.807, 2.05) is 0 Å². The molecular formula is C10H15N3O4S. The highest BCUT2D eigenvalue weighted by Gasteiger charge is 2.42. The minimum atomic E-state index is -3.65. The Bertz CT molecular complexity index is 565. The van der Waals surface area contributed by atoms with E-state index in [1.54, 1.807) is 14.0 Å². The standard InChI is InChI=1S/C10H15N3O4S/c1-7-9(10(14)15)3-4-13(7)18(16,17)8-5-11-12(2)6-8/h5-7,9H,3-4H2,1-2H3,(H,14,15). The predicted molar refractivity (Wildman–Crippen MR) is 62.3 cm³/mol. The van der Waals surface area contributed by atoms with Gasteiger partial charge in [0.05, 0.1) is 12.1 Å². The summed E-state index contributed by atoms with van der Waals surface area (Å²) in [6, 6.07) is -0.535. The van der Waals surface area contributed by atoms with Crippen molar-refractivity contribution in [2.24, 2.45) is 13.0 Å². The van der Waals surface area contributed by atoms with E-state index in [-0.39, 0.29) is 11.4 Å². The topological polar surface area (TPSA) is 92.5 Å². The molecule has 0 amide bonds. The van der Waals surface area contributed by atoms with Gasteiger partial charge in [0.2, 0.25) is 10.0 Å². The highest BCUT2D eigenvalue weighted by Crippen LogP contribution is 2.29. The lowest BCUT2D eigenvalue weighted by atomic mass is 10.0. The zero-order valence-electron chi connectivity index (χ0n) is 10.1. The number of rotatable bonds is 3. The molecule has 0 saturated carbocycles. The van der Waals surface area contributed by atoms with Crippen LogP contribution in [0.3, 0.4) is 0 Å². The predicted octanol–water partition coefficient (Wildman–Crippen LogP) is -0.0962. The second-order valence-corrected chi connectivity index (χ2v) is 6.33. The summed E-state index contributed by atoms with van der Waals surface area (Å²) in [5, 5.41) is 12.8. The number of carbonyl (C=O) groups is 1. The number of sulfonamides is 1. The highest BCUT2D eigenvalue weighted by molar-refractivity contribution is 7.89. The van der Waals surface area contributed by atoms with Crippen molar-refractivity contribution in [1.82, 2.24) is 14.1 Å². The van der Waals surface area contributed by atoms with E-state index < -0.39 is 28.0 Å². The summed E-state index contributed by atoms with van der Waals surface area (Å²) in [6.45, 7) is 1.86. The quantitative estimate of drug-likeness (QED) is 0.830. The number of carboxylic acids is 1. The van der Waals surface area contributed by atoms with Gasteiger partial charge in [-0.3, -0.25) is 9.48 Å². The molecule has 1 aromatic rings. The van der Waals surface area contributed by atoms with E-state index in [1.165, 1.54) is 21.4 Å². The van der Waals surface area contributed by atoms with Crippen LogP contribution in [0.5, 0.6) is 0 Å². The van der Waals surface area contributed by atoms with Gasteiger partial charge in [-0.15, -0.1) is 0 Å². The van der Waals surface area contributed by atoms with Crippen molar-refractivity contribution < 1.29 is 18.3 Å². The molecule has 2 heterocycles. The van der Waals surface area contributed by atoms with Crippen LogP contribution >= 0.6 is 0 Å². The van der Waals surface area contributed by atoms with Gasteiger partial charge in [-0.25, -0.2) is 8.42 Å². The molecule has 100 valence electrons. The molecule has 2 atom stereocenters. The first-order valence-corrected chi connectivity index (χ1v) is 7.01. The molecule has 0 radical (unpaired) electrons. The number of hydrogen-bond donors (Lipinski definition) is 1. The second-order valence-electron chi connectivity index (χ2n) is 4.44. The van der Waals surface area contributed by atoms with Crippen molar-refractivity contribution in [3.05, 3.63) is 12.4 Å². The van der Waals surface area contributed by atoms with Crippen LogP contribution in [0, 0.1) is 5.92 Å². The van der Waals surface area contributed by atoms with Gasteiger partial charge in [0.15, 0.2) is 0 Å². The largest absolute Gasteiger partial charge is 0.481 e. The first-order valence-electron chi connectivity index (χ1n) is 5.57. The van der Waals surface area contributed by atoms with Gasteiger partial charge in [-0.05, 0) is 13.3 Å². The minimum absolute atomic E-state index is 0.0999. The van der Waals surface area contributed by atoms with Gasteiger partial charge in [0.25, 0.3) is 0 Å². The smallest absolute Gasteiger partial charge is 0.308 e. The monoisotopic (exact) mass is 273 g/mol. The molecule has 1 aliphatic heterocycles. The number of aromatic nitrogens is 2. The maximum Gasteiger partial charge on any atom is 0.308 e. The fourth-order valence-corrected chi connectivity index (χ4v) is 3.92. The summed E-state index contributed by atoms with van der Waals surface area (Å²) >= 11 is 0. The van der Waals surface area contributed by atoms with Gasteiger partial charge in [0, 0.05) is 25.8 Å². The van der Waals surface area contributed by atoms with E-state index in [0.29, 0.717) is 6.42 Å². The average Bonchev–Trinajstić information content (AvgIpc) is 2.84. The third-order valence-corrected chi connectivity index (χ3v) is 5.24. The average molecular weight is 273 g/mol. The lowest BCUT2D eigenvalue weighted by Gasteiger charge is -2.21. The maximum absolute atomic E-state index is 12.3. The molecule has 1 saturated heterocycles. The van der Waals surface area contributed by atoms with E-state index in [9.17, 15) is 13.2 Å². The molecule has 0 spiro atoms. The lowest BCUT2D eigenvalue weighted by molar-refractivity contribution is -0.142. The second kappa shape index (κ2) is 4.36. The number of aliphatic carboxylic acids is 1. The number of hydrogen-bond acceptors (Lipinski definition) is 4. The van der Waals surface area contributed by atoms with E-state index in [0.717, 1.165) is 0 Å². The van der Waals surface area contributed by atoms with Crippen molar-refractivity contribution in [3.8, 4) is 0 Å². The van der Waals surface area contributed by atoms with Crippen molar-refractivity contribution in [2.45, 2.75) is 24.3 Å². The zero-order valence-corrected chi connectivity index (χ0v) is 11.0. The molecule has 8 heteroatoms. The third-order valence-electron chi connectivity index (χ3n) is 3.30. The Morgan fingerprint density at radius 2 is 2.22 bits per heavy atom. The highest BCUT2D eigenvalue weighted by atomic mass is 32.2. The number of aryl methyl sites for hydroxylation is 1. The first-order chi connectivity index (χ1) is 8.34. The molecule has 2 rings (SSSR count). The van der Waals surface area contributed by atoms with E-state index >= 15 is 0 Å². The SMILES string of the molecule is CC1C(C(=O)O)CCN1S(=O)(=O)c1cnn(C)c1. The van der Waals surface area contributed by atoms with Crippen LogP contribution in [-0.2, 0) is 21.9 Å².